The highest BCUT2D eigenvalue weighted by atomic mass is 16.4. The van der Waals surface area contributed by atoms with Crippen LogP contribution in [0.25, 0.3) is 0 Å². The smallest absolute Gasteiger partial charge is 0.323 e. The van der Waals surface area contributed by atoms with Crippen LogP contribution in [0.15, 0.2) is 12.3 Å². The first-order valence-corrected chi connectivity index (χ1v) is 4.47. The summed E-state index contributed by atoms with van der Waals surface area (Å²) in [6.07, 6.45) is 1.45. The van der Waals surface area contributed by atoms with Gasteiger partial charge in [0, 0.05) is 11.9 Å². The summed E-state index contributed by atoms with van der Waals surface area (Å²) in [5.41, 5.74) is 0.644. The standard InChI is InChI=1S/C9H11N3O4/c1-6-2-3-10-9(11-6)12(4-7(13)14)5-8(15)16/h2-3H,4-5H2,1H3,(H,13,14)(H,15,16). The van der Waals surface area contributed by atoms with E-state index in [4.69, 9.17) is 10.2 Å². The predicted octanol–water partition coefficient (Wildman–Crippen LogP) is -0.239. The molecule has 1 heterocycles. The SMILES string of the molecule is Cc1ccnc(N(CC(=O)O)CC(=O)O)n1. The Bertz CT molecular complexity index is 391. The second-order valence-electron chi connectivity index (χ2n) is 3.14. The van der Waals surface area contributed by atoms with Crippen LogP contribution in [0.3, 0.4) is 0 Å². The van der Waals surface area contributed by atoms with Crippen molar-refractivity contribution >= 4 is 17.9 Å². The van der Waals surface area contributed by atoms with Gasteiger partial charge in [0.25, 0.3) is 0 Å². The Morgan fingerprint density at radius 3 is 2.31 bits per heavy atom. The number of carboxylic acids is 2. The Labute approximate surface area is 91.4 Å². The monoisotopic (exact) mass is 225 g/mol. The van der Waals surface area contributed by atoms with E-state index in [-0.39, 0.29) is 5.95 Å². The van der Waals surface area contributed by atoms with E-state index >= 15 is 0 Å². The van der Waals surface area contributed by atoms with Crippen molar-refractivity contribution in [1.29, 1.82) is 0 Å². The number of aryl methyl sites for hydroxylation is 1. The Hall–Kier alpha value is -2.18. The summed E-state index contributed by atoms with van der Waals surface area (Å²) in [4.78, 5) is 30.0. The molecule has 0 radical (unpaired) electrons. The van der Waals surface area contributed by atoms with Crippen LogP contribution < -0.4 is 4.90 Å². The minimum Gasteiger partial charge on any atom is -0.480 e. The highest BCUT2D eigenvalue weighted by Crippen LogP contribution is 2.06. The summed E-state index contributed by atoms with van der Waals surface area (Å²) in [6.45, 7) is 0.816. The van der Waals surface area contributed by atoms with Crippen LogP contribution >= 0.6 is 0 Å². The molecule has 0 aliphatic carbocycles. The molecular weight excluding hydrogens is 214 g/mol. The van der Waals surface area contributed by atoms with Gasteiger partial charge < -0.3 is 15.1 Å². The molecule has 0 fully saturated rings. The third-order valence-electron chi connectivity index (χ3n) is 1.72. The summed E-state index contributed by atoms with van der Waals surface area (Å²) in [7, 11) is 0. The Balaban J connectivity index is 2.90. The zero-order chi connectivity index (χ0) is 12.1. The van der Waals surface area contributed by atoms with Gasteiger partial charge >= 0.3 is 11.9 Å². The van der Waals surface area contributed by atoms with Crippen molar-refractivity contribution < 1.29 is 19.8 Å². The molecule has 86 valence electrons. The maximum atomic E-state index is 10.6. The van der Waals surface area contributed by atoms with E-state index in [0.717, 1.165) is 4.90 Å². The molecule has 16 heavy (non-hydrogen) atoms. The zero-order valence-corrected chi connectivity index (χ0v) is 8.62. The van der Waals surface area contributed by atoms with Gasteiger partial charge in [-0.15, -0.1) is 0 Å². The van der Waals surface area contributed by atoms with Crippen molar-refractivity contribution in [2.75, 3.05) is 18.0 Å². The van der Waals surface area contributed by atoms with E-state index in [2.05, 4.69) is 9.97 Å². The molecule has 7 nitrogen and oxygen atoms in total. The highest BCUT2D eigenvalue weighted by Gasteiger charge is 2.16. The molecule has 7 heteroatoms. The molecule has 1 aromatic rings. The number of hydrogen-bond donors (Lipinski definition) is 2. The number of carboxylic acid groups (broad SMARTS) is 2. The van der Waals surface area contributed by atoms with Crippen LogP contribution in [0.1, 0.15) is 5.69 Å². The molecule has 1 aromatic heterocycles. The summed E-state index contributed by atoms with van der Waals surface area (Å²) >= 11 is 0. The van der Waals surface area contributed by atoms with E-state index in [0.29, 0.717) is 5.69 Å². The molecule has 0 atom stereocenters. The van der Waals surface area contributed by atoms with Gasteiger partial charge in [0.05, 0.1) is 0 Å². The largest absolute Gasteiger partial charge is 0.480 e. The Kier molecular flexibility index (Phi) is 3.76. The summed E-state index contributed by atoms with van der Waals surface area (Å²) in [5.74, 6) is -2.16. The molecular formula is C9H11N3O4. The maximum Gasteiger partial charge on any atom is 0.323 e. The lowest BCUT2D eigenvalue weighted by molar-refractivity contribution is -0.136. The zero-order valence-electron chi connectivity index (χ0n) is 8.62. The van der Waals surface area contributed by atoms with Gasteiger partial charge in [-0.05, 0) is 13.0 Å². The number of carbonyl (C=O) groups is 2. The molecule has 0 spiro atoms. The minimum absolute atomic E-state index is 0.102. The molecule has 0 saturated carbocycles. The fraction of sp³-hybridized carbons (Fsp3) is 0.333. The molecule has 0 aliphatic rings. The number of aliphatic carboxylic acids is 2. The van der Waals surface area contributed by atoms with E-state index in [1.165, 1.54) is 6.20 Å². The van der Waals surface area contributed by atoms with Crippen LogP contribution in [0.2, 0.25) is 0 Å². The quantitative estimate of drug-likeness (QED) is 0.712. The molecule has 0 bridgehead atoms. The predicted molar refractivity (Wildman–Crippen MR) is 54.3 cm³/mol. The average molecular weight is 225 g/mol. The molecule has 0 amide bonds. The lowest BCUT2D eigenvalue weighted by Crippen LogP contribution is -2.35. The second-order valence-corrected chi connectivity index (χ2v) is 3.14. The van der Waals surface area contributed by atoms with Gasteiger partial charge in [-0.25, -0.2) is 9.97 Å². The van der Waals surface area contributed by atoms with E-state index in [9.17, 15) is 9.59 Å². The van der Waals surface area contributed by atoms with Crippen molar-refractivity contribution in [3.63, 3.8) is 0 Å². The fourth-order valence-corrected chi connectivity index (χ4v) is 1.11. The van der Waals surface area contributed by atoms with Crippen molar-refractivity contribution in [2.24, 2.45) is 0 Å². The number of hydrogen-bond acceptors (Lipinski definition) is 5. The van der Waals surface area contributed by atoms with Gasteiger partial charge in [0.2, 0.25) is 5.95 Å². The normalized spacial score (nSPS) is 9.81. The lowest BCUT2D eigenvalue weighted by Gasteiger charge is -2.17. The number of rotatable bonds is 5. The van der Waals surface area contributed by atoms with E-state index in [1.54, 1.807) is 13.0 Å². The first kappa shape index (κ1) is 11.9. The van der Waals surface area contributed by atoms with Gasteiger partial charge in [-0.2, -0.15) is 0 Å². The second kappa shape index (κ2) is 5.06. The van der Waals surface area contributed by atoms with Crippen molar-refractivity contribution in [1.82, 2.24) is 9.97 Å². The van der Waals surface area contributed by atoms with Crippen LogP contribution in [0.5, 0.6) is 0 Å². The molecule has 1 rings (SSSR count). The third kappa shape index (κ3) is 3.52. The van der Waals surface area contributed by atoms with E-state index in [1.807, 2.05) is 0 Å². The Morgan fingerprint density at radius 1 is 1.31 bits per heavy atom. The molecule has 2 N–H and O–H groups in total. The van der Waals surface area contributed by atoms with Gasteiger partial charge in [0.15, 0.2) is 0 Å². The van der Waals surface area contributed by atoms with Crippen LogP contribution in [-0.2, 0) is 9.59 Å². The highest BCUT2D eigenvalue weighted by molar-refractivity contribution is 5.78. The number of anilines is 1. The number of nitrogens with zero attached hydrogens (tertiary/aromatic N) is 3. The van der Waals surface area contributed by atoms with Gasteiger partial charge in [-0.1, -0.05) is 0 Å². The fourth-order valence-electron chi connectivity index (χ4n) is 1.11. The van der Waals surface area contributed by atoms with Crippen LogP contribution in [-0.4, -0.2) is 45.2 Å². The lowest BCUT2D eigenvalue weighted by atomic mass is 10.4. The maximum absolute atomic E-state index is 10.6. The topological polar surface area (TPSA) is 104 Å². The average Bonchev–Trinajstić information content (AvgIpc) is 2.15. The Morgan fingerprint density at radius 2 is 1.88 bits per heavy atom. The molecule has 0 aromatic carbocycles. The molecule has 0 saturated heterocycles. The minimum atomic E-state index is -1.13. The molecule has 0 unspecified atom stereocenters. The van der Waals surface area contributed by atoms with Crippen molar-refractivity contribution in [3.8, 4) is 0 Å². The third-order valence-corrected chi connectivity index (χ3v) is 1.72. The van der Waals surface area contributed by atoms with Gasteiger partial charge in [0.1, 0.15) is 13.1 Å². The van der Waals surface area contributed by atoms with Crippen molar-refractivity contribution in [2.45, 2.75) is 6.92 Å². The first-order valence-electron chi connectivity index (χ1n) is 4.47. The summed E-state index contributed by atoms with van der Waals surface area (Å²) in [5, 5.41) is 17.3. The molecule has 0 aliphatic heterocycles. The van der Waals surface area contributed by atoms with Crippen LogP contribution in [0.4, 0.5) is 5.95 Å². The van der Waals surface area contributed by atoms with Crippen LogP contribution in [0, 0.1) is 6.92 Å². The van der Waals surface area contributed by atoms with Crippen molar-refractivity contribution in [3.05, 3.63) is 18.0 Å². The first-order chi connectivity index (χ1) is 7.49. The van der Waals surface area contributed by atoms with E-state index < -0.39 is 25.0 Å². The summed E-state index contributed by atoms with van der Waals surface area (Å²) < 4.78 is 0. The summed E-state index contributed by atoms with van der Waals surface area (Å²) in [6, 6.07) is 1.64. The number of aromatic nitrogens is 2. The van der Waals surface area contributed by atoms with Gasteiger partial charge in [-0.3, -0.25) is 9.59 Å².